The number of ether oxygens (including phenoxy) is 1. The molecule has 2 rings (SSSR count). The quantitative estimate of drug-likeness (QED) is 0.870. The lowest BCUT2D eigenvalue weighted by Gasteiger charge is -2.10. The molecule has 0 saturated heterocycles. The van der Waals surface area contributed by atoms with Gasteiger partial charge in [0.05, 0.1) is 12.8 Å². The molecule has 18 heavy (non-hydrogen) atoms. The molecule has 0 aliphatic carbocycles. The summed E-state index contributed by atoms with van der Waals surface area (Å²) < 4.78 is 5.34. The first-order valence-electron chi connectivity index (χ1n) is 5.85. The number of aromatic nitrogens is 1. The lowest BCUT2D eigenvalue weighted by Crippen LogP contribution is -1.95. The van der Waals surface area contributed by atoms with Crippen LogP contribution in [-0.4, -0.2) is 12.1 Å². The minimum atomic E-state index is 0.519. The summed E-state index contributed by atoms with van der Waals surface area (Å²) in [6, 6.07) is 6.12. The Hall–Kier alpha value is -1.59. The fourth-order valence-electron chi connectivity index (χ4n) is 1.65. The average Bonchev–Trinajstić information content (AvgIpc) is 2.86. The normalized spacial score (nSPS) is 10.4. The zero-order valence-corrected chi connectivity index (χ0v) is 11.4. The van der Waals surface area contributed by atoms with Gasteiger partial charge in [-0.2, -0.15) is 0 Å². The minimum Gasteiger partial charge on any atom is -0.495 e. The summed E-state index contributed by atoms with van der Waals surface area (Å²) in [4.78, 5) is 5.34. The number of aryl methyl sites for hydroxylation is 1. The first-order chi connectivity index (χ1) is 8.76. The number of rotatable bonds is 5. The summed E-state index contributed by atoms with van der Waals surface area (Å²) in [5.74, 6) is 0.816. The van der Waals surface area contributed by atoms with Crippen molar-refractivity contribution < 1.29 is 4.74 Å². The van der Waals surface area contributed by atoms with Crippen LogP contribution in [0.25, 0.3) is 0 Å². The highest BCUT2D eigenvalue weighted by molar-refractivity contribution is 7.15. The van der Waals surface area contributed by atoms with E-state index in [4.69, 9.17) is 10.5 Å². The number of anilines is 2. The van der Waals surface area contributed by atoms with Crippen LogP contribution in [-0.2, 0) is 13.0 Å². The molecule has 1 heterocycles. The maximum absolute atomic E-state index is 5.58. The van der Waals surface area contributed by atoms with E-state index in [-0.39, 0.29) is 0 Å². The number of benzene rings is 1. The van der Waals surface area contributed by atoms with Gasteiger partial charge in [0.1, 0.15) is 5.75 Å². The van der Waals surface area contributed by atoms with E-state index in [1.165, 1.54) is 5.56 Å². The van der Waals surface area contributed by atoms with E-state index in [1.54, 1.807) is 24.6 Å². The number of thiazole rings is 1. The third-order valence-corrected chi connectivity index (χ3v) is 3.60. The van der Waals surface area contributed by atoms with E-state index in [9.17, 15) is 0 Å². The first kappa shape index (κ1) is 12.9. The fraction of sp³-hybridized carbons (Fsp3) is 0.308. The van der Waals surface area contributed by atoms with Crippen LogP contribution in [0.2, 0.25) is 0 Å². The Morgan fingerprint density at radius 1 is 1.44 bits per heavy atom. The third kappa shape index (κ3) is 2.80. The van der Waals surface area contributed by atoms with Gasteiger partial charge < -0.3 is 15.8 Å². The van der Waals surface area contributed by atoms with Crippen LogP contribution >= 0.6 is 11.3 Å². The molecule has 4 nitrogen and oxygen atoms in total. The number of hydrogen-bond acceptors (Lipinski definition) is 5. The van der Waals surface area contributed by atoms with E-state index in [0.29, 0.717) is 6.54 Å². The van der Waals surface area contributed by atoms with Crippen molar-refractivity contribution in [1.29, 1.82) is 0 Å². The fourth-order valence-corrected chi connectivity index (χ4v) is 2.35. The number of nitrogens with one attached hydrogen (secondary N) is 1. The van der Waals surface area contributed by atoms with Gasteiger partial charge in [-0.25, -0.2) is 4.98 Å². The standard InChI is InChI=1S/C13H17N3OS/c1-3-9-4-5-12(17-2)11(6-9)16-13-15-8-10(7-14)18-13/h4-6,8H,3,7,14H2,1-2H3,(H,15,16). The van der Waals surface area contributed by atoms with Crippen molar-refractivity contribution in [3.63, 3.8) is 0 Å². The molecule has 0 aliphatic rings. The largest absolute Gasteiger partial charge is 0.495 e. The van der Waals surface area contributed by atoms with E-state index in [2.05, 4.69) is 29.4 Å². The molecule has 1 aromatic carbocycles. The molecule has 0 spiro atoms. The Bertz CT molecular complexity index is 525. The molecular weight excluding hydrogens is 246 g/mol. The van der Waals surface area contributed by atoms with Crippen LogP contribution in [0.4, 0.5) is 10.8 Å². The topological polar surface area (TPSA) is 60.2 Å². The van der Waals surface area contributed by atoms with Crippen molar-refractivity contribution >= 4 is 22.2 Å². The van der Waals surface area contributed by atoms with Gasteiger partial charge in [0.15, 0.2) is 5.13 Å². The van der Waals surface area contributed by atoms with Crippen LogP contribution in [0.5, 0.6) is 5.75 Å². The molecular formula is C13H17N3OS. The van der Waals surface area contributed by atoms with Crippen molar-refractivity contribution in [2.24, 2.45) is 5.73 Å². The summed E-state index contributed by atoms with van der Waals surface area (Å²) in [6.45, 7) is 2.65. The summed E-state index contributed by atoms with van der Waals surface area (Å²) in [5.41, 5.74) is 7.77. The Kier molecular flexibility index (Phi) is 4.17. The Morgan fingerprint density at radius 3 is 2.89 bits per heavy atom. The van der Waals surface area contributed by atoms with Crippen LogP contribution in [0.1, 0.15) is 17.4 Å². The molecule has 96 valence electrons. The second kappa shape index (κ2) is 5.84. The molecule has 3 N–H and O–H groups in total. The smallest absolute Gasteiger partial charge is 0.187 e. The van der Waals surface area contributed by atoms with Crippen molar-refractivity contribution in [2.75, 3.05) is 12.4 Å². The maximum Gasteiger partial charge on any atom is 0.187 e. The summed E-state index contributed by atoms with van der Waals surface area (Å²) in [7, 11) is 1.67. The Balaban J connectivity index is 2.25. The molecule has 2 aromatic rings. The molecule has 0 aliphatic heterocycles. The predicted molar refractivity (Wildman–Crippen MR) is 75.7 cm³/mol. The van der Waals surface area contributed by atoms with Crippen LogP contribution < -0.4 is 15.8 Å². The summed E-state index contributed by atoms with van der Waals surface area (Å²) >= 11 is 1.56. The summed E-state index contributed by atoms with van der Waals surface area (Å²) in [5, 5.41) is 4.11. The average molecular weight is 263 g/mol. The van der Waals surface area contributed by atoms with Crippen LogP contribution in [0.3, 0.4) is 0 Å². The molecule has 0 unspecified atom stereocenters. The van der Waals surface area contributed by atoms with Gasteiger partial charge in [-0.3, -0.25) is 0 Å². The van der Waals surface area contributed by atoms with Gasteiger partial charge >= 0.3 is 0 Å². The Morgan fingerprint density at radius 2 is 2.28 bits per heavy atom. The number of nitrogens with zero attached hydrogens (tertiary/aromatic N) is 1. The zero-order valence-electron chi connectivity index (χ0n) is 10.6. The highest BCUT2D eigenvalue weighted by atomic mass is 32.1. The molecule has 1 aromatic heterocycles. The van der Waals surface area contributed by atoms with Gasteiger partial charge in [-0.15, -0.1) is 11.3 Å². The highest BCUT2D eigenvalue weighted by Gasteiger charge is 2.07. The molecule has 0 amide bonds. The number of hydrogen-bond donors (Lipinski definition) is 2. The minimum absolute atomic E-state index is 0.519. The van der Waals surface area contributed by atoms with Crippen molar-refractivity contribution in [2.45, 2.75) is 19.9 Å². The van der Waals surface area contributed by atoms with Crippen LogP contribution in [0, 0.1) is 0 Å². The van der Waals surface area contributed by atoms with Gasteiger partial charge in [0.2, 0.25) is 0 Å². The second-order valence-electron chi connectivity index (χ2n) is 3.85. The van der Waals surface area contributed by atoms with Crippen molar-refractivity contribution in [3.05, 3.63) is 34.8 Å². The zero-order chi connectivity index (χ0) is 13.0. The molecule has 0 fully saturated rings. The van der Waals surface area contributed by atoms with Gasteiger partial charge in [0.25, 0.3) is 0 Å². The van der Waals surface area contributed by atoms with Crippen LogP contribution in [0.15, 0.2) is 24.4 Å². The summed E-state index contributed by atoms with van der Waals surface area (Å²) in [6.07, 6.45) is 2.79. The predicted octanol–water partition coefficient (Wildman–Crippen LogP) is 2.92. The molecule has 0 saturated carbocycles. The highest BCUT2D eigenvalue weighted by Crippen LogP contribution is 2.30. The van der Waals surface area contributed by atoms with Gasteiger partial charge in [-0.05, 0) is 24.1 Å². The molecule has 5 heteroatoms. The van der Waals surface area contributed by atoms with E-state index in [0.717, 1.165) is 27.9 Å². The number of methoxy groups -OCH3 is 1. The third-order valence-electron chi connectivity index (χ3n) is 2.67. The molecule has 0 radical (unpaired) electrons. The van der Waals surface area contributed by atoms with E-state index in [1.807, 2.05) is 6.07 Å². The first-order valence-corrected chi connectivity index (χ1v) is 6.67. The lowest BCUT2D eigenvalue weighted by molar-refractivity contribution is 0.416. The van der Waals surface area contributed by atoms with Gasteiger partial charge in [0, 0.05) is 17.6 Å². The second-order valence-corrected chi connectivity index (χ2v) is 4.96. The van der Waals surface area contributed by atoms with Gasteiger partial charge in [-0.1, -0.05) is 13.0 Å². The lowest BCUT2D eigenvalue weighted by atomic mass is 10.1. The maximum atomic E-state index is 5.58. The van der Waals surface area contributed by atoms with E-state index >= 15 is 0 Å². The molecule has 0 atom stereocenters. The van der Waals surface area contributed by atoms with Crippen molar-refractivity contribution in [1.82, 2.24) is 4.98 Å². The number of nitrogens with two attached hydrogens (primary N) is 1. The SMILES string of the molecule is CCc1ccc(OC)c(Nc2ncc(CN)s2)c1. The van der Waals surface area contributed by atoms with Crippen molar-refractivity contribution in [3.8, 4) is 5.75 Å². The molecule has 0 bridgehead atoms. The monoisotopic (exact) mass is 263 g/mol. The Labute approximate surface area is 111 Å². The van der Waals surface area contributed by atoms with E-state index < -0.39 is 0 Å².